The monoisotopic (exact) mass is 972 g/mol. The maximum Gasteiger partial charge on any atom is 0.0431 e. The van der Waals surface area contributed by atoms with Crippen LogP contribution in [0.1, 0.15) is 201 Å². The van der Waals surface area contributed by atoms with Gasteiger partial charge in [0.05, 0.1) is 0 Å². The fourth-order valence-electron chi connectivity index (χ4n) is 12.7. The number of aryl methyl sites for hydroxylation is 4. The second-order valence-electron chi connectivity index (χ2n) is 21.2. The van der Waals surface area contributed by atoms with Crippen LogP contribution in [0.4, 0.5) is 0 Å². The van der Waals surface area contributed by atoms with Crippen molar-refractivity contribution in [2.24, 2.45) is 0 Å². The van der Waals surface area contributed by atoms with Gasteiger partial charge in [0, 0.05) is 124 Å². The molecule has 356 valence electrons. The van der Waals surface area contributed by atoms with Crippen LogP contribution < -0.4 is 0 Å². The van der Waals surface area contributed by atoms with Crippen molar-refractivity contribution in [1.29, 1.82) is 0 Å². The first kappa shape index (κ1) is 47.1. The summed E-state index contributed by atoms with van der Waals surface area (Å²) >= 11 is 8.55. The summed E-state index contributed by atoms with van der Waals surface area (Å²) < 4.78 is 6.15. The lowest BCUT2D eigenvalue weighted by Gasteiger charge is -2.23. The Labute approximate surface area is 422 Å². The van der Waals surface area contributed by atoms with Gasteiger partial charge >= 0.3 is 0 Å². The molecule has 0 saturated heterocycles. The summed E-state index contributed by atoms with van der Waals surface area (Å²) in [6.07, 6.45) is 37.2. The smallest absolute Gasteiger partial charge is 0.0431 e. The molecule has 4 heteroatoms. The van der Waals surface area contributed by atoms with Gasteiger partial charge < -0.3 is 0 Å². The summed E-state index contributed by atoms with van der Waals surface area (Å²) in [5, 5.41) is 24.7. The van der Waals surface area contributed by atoms with Crippen molar-refractivity contribution in [3.05, 3.63) is 68.0 Å². The van der Waals surface area contributed by atoms with Gasteiger partial charge in [-0.1, -0.05) is 180 Å². The van der Waals surface area contributed by atoms with Crippen LogP contribution in [0.5, 0.6) is 0 Å². The molecule has 0 aliphatic carbocycles. The van der Waals surface area contributed by atoms with Crippen molar-refractivity contribution >= 4 is 150 Å². The Kier molecular flexibility index (Phi) is 14.7. The van der Waals surface area contributed by atoms with Crippen LogP contribution in [0.2, 0.25) is 0 Å². The van der Waals surface area contributed by atoms with E-state index in [4.69, 9.17) is 0 Å². The topological polar surface area (TPSA) is 0 Å². The van der Waals surface area contributed by atoms with Gasteiger partial charge in [-0.3, -0.25) is 0 Å². The molecule has 0 N–H and O–H groups in total. The third-order valence-corrected chi connectivity index (χ3v) is 21.1. The molecule has 0 nitrogen and oxygen atoms in total. The molecule has 0 spiro atoms. The molecule has 0 amide bonds. The Morgan fingerprint density at radius 2 is 0.456 bits per heavy atom. The van der Waals surface area contributed by atoms with E-state index in [1.165, 1.54) is 242 Å². The second kappa shape index (κ2) is 21.2. The molecule has 0 unspecified atom stereocenters. The predicted octanol–water partition coefficient (Wildman–Crippen LogP) is 23.4. The first-order valence-electron chi connectivity index (χ1n) is 28.0. The van der Waals surface area contributed by atoms with Crippen LogP contribution in [0.25, 0.3) is 105 Å². The van der Waals surface area contributed by atoms with Crippen molar-refractivity contribution in [3.8, 4) is 0 Å². The number of hydrogen-bond donors (Lipinski definition) is 0. The average molecular weight is 974 g/mol. The first-order chi connectivity index (χ1) is 33.6. The molecule has 4 heterocycles. The maximum atomic E-state index is 2.68. The van der Waals surface area contributed by atoms with Gasteiger partial charge in [-0.2, -0.15) is 0 Å². The number of rotatable bonds is 28. The highest BCUT2D eigenvalue weighted by atomic mass is 32.1. The minimum atomic E-state index is 1.20. The second-order valence-corrected chi connectivity index (χ2v) is 25.8. The van der Waals surface area contributed by atoms with E-state index in [1.807, 2.05) is 0 Å². The van der Waals surface area contributed by atoms with Gasteiger partial charge in [0.15, 0.2) is 0 Å². The average Bonchev–Trinajstić information content (AvgIpc) is 4.18. The predicted molar refractivity (Wildman–Crippen MR) is 315 cm³/mol. The van der Waals surface area contributed by atoms with Gasteiger partial charge in [-0.15, -0.1) is 45.3 Å². The summed E-state index contributed by atoms with van der Waals surface area (Å²) in [6.45, 7) is 9.33. The highest BCUT2D eigenvalue weighted by Crippen LogP contribution is 2.59. The van der Waals surface area contributed by atoms with Gasteiger partial charge in [0.1, 0.15) is 0 Å². The molecule has 0 atom stereocenters. The van der Waals surface area contributed by atoms with E-state index in [0.717, 1.165) is 0 Å². The van der Waals surface area contributed by atoms with Crippen LogP contribution >= 0.6 is 45.3 Å². The van der Waals surface area contributed by atoms with E-state index in [-0.39, 0.29) is 0 Å². The zero-order valence-corrected chi connectivity index (χ0v) is 45.3. The van der Waals surface area contributed by atoms with Crippen LogP contribution in [-0.2, 0) is 25.7 Å². The summed E-state index contributed by atoms with van der Waals surface area (Å²) in [6, 6.07) is 21.1. The van der Waals surface area contributed by atoms with E-state index < -0.39 is 0 Å². The van der Waals surface area contributed by atoms with Gasteiger partial charge in [-0.25, -0.2) is 0 Å². The standard InChI is InChI=1S/C64H76S4/c1-5-9-13-17-21-25-29-41-37-49-53-50-38-42(30-26-22-18-14-10-6-2)66-62(50)47-35-36-48-58-57(47)59(53)55-45(61(49)65-41)33-34-46-56(55)60(58)54(51-39-43(67-63(46)51)31-27-23-19-15-11-7-3)52-40-44(68-64(48)52)32-28-24-20-16-12-8-4/h33-40H,5-32H2,1-4H3. The molecular formula is C64H76S4. The fraction of sp³-hybridized carbons (Fsp3) is 0.500. The maximum absolute atomic E-state index is 2.68. The first-order valence-corrected chi connectivity index (χ1v) is 31.3. The Bertz CT molecular complexity index is 2970. The van der Waals surface area contributed by atoms with Crippen LogP contribution in [-0.4, -0.2) is 0 Å². The van der Waals surface area contributed by atoms with Crippen molar-refractivity contribution in [2.45, 2.75) is 207 Å². The molecule has 0 fully saturated rings. The quantitative estimate of drug-likeness (QED) is 0.0261. The van der Waals surface area contributed by atoms with Gasteiger partial charge in [0.25, 0.3) is 0 Å². The van der Waals surface area contributed by atoms with Crippen molar-refractivity contribution in [1.82, 2.24) is 0 Å². The third-order valence-electron chi connectivity index (χ3n) is 16.2. The minimum Gasteiger partial charge on any atom is -0.140 e. The lowest BCUT2D eigenvalue weighted by molar-refractivity contribution is 0.609. The Morgan fingerprint density at radius 1 is 0.235 bits per heavy atom. The fourth-order valence-corrected chi connectivity index (χ4v) is 17.6. The minimum absolute atomic E-state index is 1.20. The third kappa shape index (κ3) is 8.60. The molecule has 0 saturated carbocycles. The summed E-state index contributed by atoms with van der Waals surface area (Å²) in [4.78, 5) is 6.36. The van der Waals surface area contributed by atoms with Crippen molar-refractivity contribution in [2.75, 3.05) is 0 Å². The molecular weight excluding hydrogens is 897 g/mol. The molecule has 7 aromatic carbocycles. The van der Waals surface area contributed by atoms with Crippen LogP contribution in [0.3, 0.4) is 0 Å². The van der Waals surface area contributed by atoms with E-state index in [0.29, 0.717) is 0 Å². The van der Waals surface area contributed by atoms with Crippen LogP contribution in [0, 0.1) is 0 Å². The van der Waals surface area contributed by atoms with E-state index in [1.54, 1.807) is 62.6 Å². The Balaban J connectivity index is 1.16. The molecule has 68 heavy (non-hydrogen) atoms. The molecule has 0 aliphatic heterocycles. The number of hydrogen-bond acceptors (Lipinski definition) is 4. The molecule has 0 radical (unpaired) electrons. The van der Waals surface area contributed by atoms with Crippen LogP contribution in [0.15, 0.2) is 48.5 Å². The van der Waals surface area contributed by atoms with E-state index in [2.05, 4.69) is 122 Å². The van der Waals surface area contributed by atoms with E-state index >= 15 is 0 Å². The van der Waals surface area contributed by atoms with Gasteiger partial charge in [-0.05, 0) is 75.6 Å². The lowest BCUT2D eigenvalue weighted by atomic mass is 9.80. The van der Waals surface area contributed by atoms with Crippen molar-refractivity contribution < 1.29 is 0 Å². The molecule has 11 aromatic rings. The Morgan fingerprint density at radius 3 is 0.691 bits per heavy atom. The highest BCUT2D eigenvalue weighted by molar-refractivity contribution is 7.22. The number of unbranched alkanes of at least 4 members (excludes halogenated alkanes) is 20. The molecule has 0 aliphatic rings. The lowest BCUT2D eigenvalue weighted by Crippen LogP contribution is -1.94. The van der Waals surface area contributed by atoms with Gasteiger partial charge in [0.2, 0.25) is 0 Å². The SMILES string of the molecule is CCCCCCCCc1cc2c(s1)c1ccc3c4sc(CCCCCCCC)cc4c4c5cc(CCCCCCCC)sc5c5ccc6c7sc(CCCCCCCC)cc7c2c2c1c3c4c5c62. The summed E-state index contributed by atoms with van der Waals surface area (Å²) in [5.74, 6) is 0. The largest absolute Gasteiger partial charge is 0.140 e. The molecule has 11 rings (SSSR count). The molecule has 0 bridgehead atoms. The zero-order chi connectivity index (χ0) is 46.1. The van der Waals surface area contributed by atoms with Crippen molar-refractivity contribution in [3.63, 3.8) is 0 Å². The molecule has 4 aromatic heterocycles. The summed E-state index contributed by atoms with van der Waals surface area (Å²) in [7, 11) is 0. The Hall–Kier alpha value is -3.28. The number of benzene rings is 7. The van der Waals surface area contributed by atoms with E-state index in [9.17, 15) is 0 Å². The zero-order valence-electron chi connectivity index (χ0n) is 42.1. The highest BCUT2D eigenvalue weighted by Gasteiger charge is 2.30. The normalized spacial score (nSPS) is 12.9. The number of thiophene rings is 4. The number of fused-ring (bicyclic) bond motifs is 12. The summed E-state index contributed by atoms with van der Waals surface area (Å²) in [5.41, 5.74) is 0.